The van der Waals surface area contributed by atoms with Crippen molar-refractivity contribution in [3.8, 4) is 0 Å². The van der Waals surface area contributed by atoms with Gasteiger partial charge in [-0.2, -0.15) is 0 Å². The molecule has 2 atom stereocenters. The van der Waals surface area contributed by atoms with Crippen LogP contribution in [0.4, 0.5) is 14.5 Å². The Morgan fingerprint density at radius 2 is 2.00 bits per heavy atom. The van der Waals surface area contributed by atoms with E-state index in [1.165, 1.54) is 0 Å². The molecule has 0 bridgehead atoms. The maximum Gasteiger partial charge on any atom is 0.237 e. The first-order valence-electron chi connectivity index (χ1n) is 7.66. The average Bonchev–Trinajstić information content (AvgIpc) is 2.94. The minimum Gasteiger partial charge on any atom is -0.355 e. The van der Waals surface area contributed by atoms with E-state index in [2.05, 4.69) is 10.6 Å². The summed E-state index contributed by atoms with van der Waals surface area (Å²) in [6, 6.07) is 8.13. The minimum absolute atomic E-state index is 0.169. The van der Waals surface area contributed by atoms with Crippen molar-refractivity contribution in [3.63, 3.8) is 0 Å². The van der Waals surface area contributed by atoms with Crippen LogP contribution in [-0.2, 0) is 9.59 Å². The maximum atomic E-state index is 13.7. The van der Waals surface area contributed by atoms with Crippen LogP contribution in [-0.4, -0.2) is 18.4 Å². The molecule has 4 nitrogen and oxygen atoms in total. The third kappa shape index (κ3) is 3.49. The summed E-state index contributed by atoms with van der Waals surface area (Å²) in [5.74, 6) is -4.12. The molecule has 0 aliphatic carbocycles. The lowest BCUT2D eigenvalue weighted by atomic mass is 9.87. The molecule has 1 fully saturated rings. The van der Waals surface area contributed by atoms with Gasteiger partial charge in [0.05, 0.1) is 5.69 Å². The summed E-state index contributed by atoms with van der Waals surface area (Å²) >= 11 is 6.02. The first-order chi connectivity index (χ1) is 11.9. The molecule has 1 saturated heterocycles. The van der Waals surface area contributed by atoms with Crippen molar-refractivity contribution in [3.05, 3.63) is 64.2 Å². The summed E-state index contributed by atoms with van der Waals surface area (Å²) in [5, 5.41) is 5.62. The van der Waals surface area contributed by atoms with Crippen molar-refractivity contribution in [2.75, 3.05) is 11.9 Å². The third-order valence-electron chi connectivity index (χ3n) is 4.26. The van der Waals surface area contributed by atoms with Crippen LogP contribution in [0, 0.1) is 24.5 Å². The topological polar surface area (TPSA) is 58.2 Å². The fourth-order valence-electron chi connectivity index (χ4n) is 2.93. The monoisotopic (exact) mass is 364 g/mol. The van der Waals surface area contributed by atoms with E-state index >= 15 is 0 Å². The Labute approximate surface area is 148 Å². The zero-order chi connectivity index (χ0) is 18.1. The van der Waals surface area contributed by atoms with E-state index in [1.54, 1.807) is 12.1 Å². The van der Waals surface area contributed by atoms with Crippen molar-refractivity contribution in [1.29, 1.82) is 0 Å². The number of carbonyl (C=O) groups is 2. The fraction of sp³-hybridized carbons (Fsp3) is 0.222. The van der Waals surface area contributed by atoms with E-state index in [-0.39, 0.29) is 5.69 Å². The number of hydrogen-bond acceptors (Lipinski definition) is 2. The third-order valence-corrected chi connectivity index (χ3v) is 4.69. The predicted molar refractivity (Wildman–Crippen MR) is 90.4 cm³/mol. The molecular formula is C18H15ClF2N2O2. The van der Waals surface area contributed by atoms with Crippen LogP contribution >= 0.6 is 11.6 Å². The van der Waals surface area contributed by atoms with E-state index in [9.17, 15) is 18.4 Å². The minimum atomic E-state index is -1.01. The molecule has 0 radical (unpaired) electrons. The van der Waals surface area contributed by atoms with E-state index in [0.29, 0.717) is 17.6 Å². The Morgan fingerprint density at radius 1 is 1.24 bits per heavy atom. The van der Waals surface area contributed by atoms with Crippen molar-refractivity contribution in [2.45, 2.75) is 12.8 Å². The normalized spacial score (nSPS) is 19.6. The van der Waals surface area contributed by atoms with Crippen LogP contribution in [0.2, 0.25) is 5.02 Å². The summed E-state index contributed by atoms with van der Waals surface area (Å²) in [6.45, 7) is 2.13. The molecule has 3 rings (SSSR count). The molecule has 2 amide bonds. The standard InChI is InChI=1S/C18H15ClF2N2O2/c1-9-6-10(2-4-13(9)19)12-8-22-17(24)16(12)18(25)23-15-5-3-11(20)7-14(15)21/h2-7,12,16H,8H2,1H3,(H,22,24)(H,23,25)/t12-,16-/m1/s1. The van der Waals surface area contributed by atoms with Crippen LogP contribution < -0.4 is 10.6 Å². The number of amides is 2. The van der Waals surface area contributed by atoms with Crippen molar-refractivity contribution >= 4 is 29.1 Å². The van der Waals surface area contributed by atoms with Gasteiger partial charge in [-0.25, -0.2) is 8.78 Å². The summed E-state index contributed by atoms with van der Waals surface area (Å²) < 4.78 is 26.7. The van der Waals surface area contributed by atoms with Gasteiger partial charge in [0, 0.05) is 23.6 Å². The van der Waals surface area contributed by atoms with Crippen LogP contribution in [0.1, 0.15) is 17.0 Å². The summed E-state index contributed by atoms with van der Waals surface area (Å²) in [5.41, 5.74) is 1.46. The lowest BCUT2D eigenvalue weighted by Gasteiger charge is -2.18. The van der Waals surface area contributed by atoms with Gasteiger partial charge in [-0.05, 0) is 36.2 Å². The number of halogens is 3. The van der Waals surface area contributed by atoms with Crippen LogP contribution in [0.15, 0.2) is 36.4 Å². The molecule has 0 spiro atoms. The Kier molecular flexibility index (Phi) is 4.72. The van der Waals surface area contributed by atoms with E-state index in [4.69, 9.17) is 11.6 Å². The number of aryl methyl sites for hydroxylation is 1. The smallest absolute Gasteiger partial charge is 0.237 e. The average molecular weight is 365 g/mol. The molecule has 1 heterocycles. The predicted octanol–water partition coefficient (Wildman–Crippen LogP) is 3.39. The molecule has 0 aromatic heterocycles. The molecule has 25 heavy (non-hydrogen) atoms. The zero-order valence-corrected chi connectivity index (χ0v) is 14.0. The Balaban J connectivity index is 1.86. The second-order valence-electron chi connectivity index (χ2n) is 5.95. The van der Waals surface area contributed by atoms with Crippen molar-refractivity contribution in [2.24, 2.45) is 5.92 Å². The highest BCUT2D eigenvalue weighted by molar-refractivity contribution is 6.31. The highest BCUT2D eigenvalue weighted by atomic mass is 35.5. The Hall–Kier alpha value is -2.47. The summed E-state index contributed by atoms with van der Waals surface area (Å²) in [4.78, 5) is 24.7. The second kappa shape index (κ2) is 6.80. The number of anilines is 1. The molecule has 2 aromatic rings. The van der Waals surface area contributed by atoms with E-state index < -0.39 is 35.3 Å². The molecule has 2 N–H and O–H groups in total. The first kappa shape index (κ1) is 17.4. The van der Waals surface area contributed by atoms with Crippen molar-refractivity contribution in [1.82, 2.24) is 5.32 Å². The molecule has 1 aliphatic heterocycles. The van der Waals surface area contributed by atoms with Crippen LogP contribution in [0.3, 0.4) is 0 Å². The maximum absolute atomic E-state index is 13.7. The quantitative estimate of drug-likeness (QED) is 0.820. The highest BCUT2D eigenvalue weighted by Crippen LogP contribution is 2.32. The Morgan fingerprint density at radius 3 is 2.68 bits per heavy atom. The molecule has 2 aromatic carbocycles. The molecule has 7 heteroatoms. The van der Waals surface area contributed by atoms with Gasteiger partial charge in [-0.15, -0.1) is 0 Å². The number of benzene rings is 2. The van der Waals surface area contributed by atoms with Crippen LogP contribution in [0.5, 0.6) is 0 Å². The van der Waals surface area contributed by atoms with Crippen molar-refractivity contribution < 1.29 is 18.4 Å². The van der Waals surface area contributed by atoms with Gasteiger partial charge >= 0.3 is 0 Å². The fourth-order valence-corrected chi connectivity index (χ4v) is 3.05. The SMILES string of the molecule is Cc1cc([C@H]2CNC(=O)[C@@H]2C(=O)Nc2ccc(F)cc2F)ccc1Cl. The number of carbonyl (C=O) groups excluding carboxylic acids is 2. The van der Waals surface area contributed by atoms with Crippen LogP contribution in [0.25, 0.3) is 0 Å². The van der Waals surface area contributed by atoms with E-state index in [0.717, 1.165) is 23.3 Å². The highest BCUT2D eigenvalue weighted by Gasteiger charge is 2.41. The van der Waals surface area contributed by atoms with E-state index in [1.807, 2.05) is 13.0 Å². The number of hydrogen-bond donors (Lipinski definition) is 2. The summed E-state index contributed by atoms with van der Waals surface area (Å²) in [6.07, 6.45) is 0. The van der Waals surface area contributed by atoms with Gasteiger partial charge in [0.15, 0.2) is 0 Å². The molecular weight excluding hydrogens is 350 g/mol. The molecule has 1 aliphatic rings. The van der Waals surface area contributed by atoms with Gasteiger partial charge in [0.25, 0.3) is 0 Å². The summed E-state index contributed by atoms with van der Waals surface area (Å²) in [7, 11) is 0. The lowest BCUT2D eigenvalue weighted by molar-refractivity contribution is -0.130. The second-order valence-corrected chi connectivity index (χ2v) is 6.36. The Bertz CT molecular complexity index is 857. The first-order valence-corrected chi connectivity index (χ1v) is 8.04. The molecule has 130 valence electrons. The molecule has 0 unspecified atom stereocenters. The number of nitrogens with one attached hydrogen (secondary N) is 2. The largest absolute Gasteiger partial charge is 0.355 e. The van der Waals surface area contributed by atoms with Gasteiger partial charge < -0.3 is 10.6 Å². The van der Waals surface area contributed by atoms with Gasteiger partial charge in [0.2, 0.25) is 11.8 Å². The number of rotatable bonds is 3. The lowest BCUT2D eigenvalue weighted by Crippen LogP contribution is -2.32. The zero-order valence-electron chi connectivity index (χ0n) is 13.3. The van der Waals surface area contributed by atoms with Gasteiger partial charge in [-0.3, -0.25) is 9.59 Å². The van der Waals surface area contributed by atoms with Gasteiger partial charge in [0.1, 0.15) is 17.6 Å². The van der Waals surface area contributed by atoms with Gasteiger partial charge in [-0.1, -0.05) is 23.7 Å². The molecule has 0 saturated carbocycles.